The van der Waals surface area contributed by atoms with Gasteiger partial charge in [0.05, 0.1) is 5.56 Å². The monoisotopic (exact) mass is 383 g/mol. The Morgan fingerprint density at radius 1 is 1.32 bits per heavy atom. The number of aromatic nitrogens is 2. The predicted octanol–water partition coefficient (Wildman–Crippen LogP) is 0.920. The molecule has 0 spiro atoms. The van der Waals surface area contributed by atoms with Gasteiger partial charge >= 0.3 is 0 Å². The van der Waals surface area contributed by atoms with Crippen molar-refractivity contribution in [1.82, 2.24) is 14.3 Å². The van der Waals surface area contributed by atoms with E-state index < -0.39 is 21.8 Å². The van der Waals surface area contributed by atoms with Crippen LogP contribution in [0.5, 0.6) is 0 Å². The molecular weight excluding hydrogens is 366 g/mol. The molecule has 2 heterocycles. The first-order valence-electron chi connectivity index (χ1n) is 7.25. The van der Waals surface area contributed by atoms with E-state index in [-0.39, 0.29) is 20.6 Å². The zero-order valence-corrected chi connectivity index (χ0v) is 15.2. The fourth-order valence-corrected chi connectivity index (χ4v) is 4.78. The second kappa shape index (κ2) is 7.68. The third kappa shape index (κ3) is 4.18. The van der Waals surface area contributed by atoms with Crippen LogP contribution in [0.4, 0.5) is 5.00 Å². The minimum absolute atomic E-state index is 0.0356. The van der Waals surface area contributed by atoms with Crippen molar-refractivity contribution in [2.24, 2.45) is 5.73 Å². The predicted molar refractivity (Wildman–Crippen MR) is 92.9 cm³/mol. The minimum atomic E-state index is -3.78. The lowest BCUT2D eigenvalue weighted by atomic mass is 10.3. The first kappa shape index (κ1) is 19.0. The van der Waals surface area contributed by atoms with Crippen LogP contribution >= 0.6 is 11.3 Å². The average Bonchev–Trinajstić information content (AvgIpc) is 3.00. The molecule has 0 atom stereocenters. The molecule has 0 unspecified atom stereocenters. The maximum absolute atomic E-state index is 12.5. The fourth-order valence-electron chi connectivity index (χ4n) is 1.94. The standard InChI is InChI=1S/C14H17N5O4S2/c1-3-7-19(2)25(22,23)10-8-9(11(15)20)14(24-10)18-13(21)12-16-5-4-6-17-12/h4-6,8H,3,7H2,1-2H3,(H2,15,20)(H,18,21). The van der Waals surface area contributed by atoms with Gasteiger partial charge in [-0.05, 0) is 18.6 Å². The molecular formula is C14H17N5O4S2. The van der Waals surface area contributed by atoms with Crippen LogP contribution in [0.3, 0.4) is 0 Å². The number of hydrogen-bond donors (Lipinski definition) is 2. The van der Waals surface area contributed by atoms with E-state index in [4.69, 9.17) is 5.73 Å². The molecule has 0 fully saturated rings. The molecule has 2 aromatic rings. The highest BCUT2D eigenvalue weighted by molar-refractivity contribution is 7.91. The summed E-state index contributed by atoms with van der Waals surface area (Å²) in [6.45, 7) is 2.17. The summed E-state index contributed by atoms with van der Waals surface area (Å²) >= 11 is 0.754. The number of carbonyl (C=O) groups excluding carboxylic acids is 2. The summed E-state index contributed by atoms with van der Waals surface area (Å²) < 4.78 is 26.1. The van der Waals surface area contributed by atoms with Crippen molar-refractivity contribution in [3.05, 3.63) is 35.9 Å². The molecule has 0 aliphatic heterocycles. The lowest BCUT2D eigenvalue weighted by Crippen LogP contribution is -2.27. The number of nitrogens with one attached hydrogen (secondary N) is 1. The number of carbonyl (C=O) groups is 2. The van der Waals surface area contributed by atoms with Crippen LogP contribution in [0.2, 0.25) is 0 Å². The van der Waals surface area contributed by atoms with E-state index in [9.17, 15) is 18.0 Å². The maximum atomic E-state index is 12.5. The Morgan fingerprint density at radius 3 is 2.52 bits per heavy atom. The highest BCUT2D eigenvalue weighted by atomic mass is 32.2. The molecule has 2 rings (SSSR count). The van der Waals surface area contributed by atoms with E-state index in [0.717, 1.165) is 17.4 Å². The van der Waals surface area contributed by atoms with E-state index in [1.807, 2.05) is 6.92 Å². The molecule has 2 amide bonds. The molecule has 0 aliphatic carbocycles. The Bertz CT molecular complexity index is 880. The minimum Gasteiger partial charge on any atom is -0.366 e. The third-order valence-electron chi connectivity index (χ3n) is 3.17. The zero-order valence-electron chi connectivity index (χ0n) is 13.6. The van der Waals surface area contributed by atoms with Gasteiger partial charge in [-0.25, -0.2) is 22.7 Å². The van der Waals surface area contributed by atoms with Crippen molar-refractivity contribution < 1.29 is 18.0 Å². The van der Waals surface area contributed by atoms with Crippen molar-refractivity contribution in [2.75, 3.05) is 18.9 Å². The SMILES string of the molecule is CCCN(C)S(=O)(=O)c1cc(C(N)=O)c(NC(=O)c2ncccn2)s1. The number of nitrogens with two attached hydrogens (primary N) is 1. The molecule has 9 nitrogen and oxygen atoms in total. The Balaban J connectivity index is 2.37. The van der Waals surface area contributed by atoms with Gasteiger partial charge in [-0.1, -0.05) is 6.92 Å². The van der Waals surface area contributed by atoms with Gasteiger partial charge in [0.2, 0.25) is 5.82 Å². The molecule has 0 bridgehead atoms. The second-order valence-electron chi connectivity index (χ2n) is 5.03. The first-order valence-corrected chi connectivity index (χ1v) is 9.51. The summed E-state index contributed by atoms with van der Waals surface area (Å²) in [6, 6.07) is 2.71. The van der Waals surface area contributed by atoms with Gasteiger partial charge in [0.25, 0.3) is 21.8 Å². The number of hydrogen-bond acceptors (Lipinski definition) is 7. The van der Waals surface area contributed by atoms with E-state index in [1.54, 1.807) is 6.07 Å². The Morgan fingerprint density at radius 2 is 1.96 bits per heavy atom. The number of anilines is 1. The van der Waals surface area contributed by atoms with Crippen LogP contribution in [0.15, 0.2) is 28.7 Å². The van der Waals surface area contributed by atoms with E-state index >= 15 is 0 Å². The fraction of sp³-hybridized carbons (Fsp3) is 0.286. The molecule has 0 saturated heterocycles. The maximum Gasteiger partial charge on any atom is 0.294 e. The Labute approximate surface area is 148 Å². The summed E-state index contributed by atoms with van der Waals surface area (Å²) in [5.41, 5.74) is 5.21. The van der Waals surface area contributed by atoms with Crippen LogP contribution in [-0.4, -0.2) is 48.1 Å². The number of thiophene rings is 1. The number of rotatable bonds is 7. The zero-order chi connectivity index (χ0) is 18.6. The molecule has 134 valence electrons. The van der Waals surface area contributed by atoms with Crippen molar-refractivity contribution >= 4 is 38.2 Å². The molecule has 3 N–H and O–H groups in total. The van der Waals surface area contributed by atoms with Gasteiger partial charge in [0.15, 0.2) is 0 Å². The summed E-state index contributed by atoms with van der Waals surface area (Å²) in [4.78, 5) is 31.3. The van der Waals surface area contributed by atoms with Crippen molar-refractivity contribution in [2.45, 2.75) is 17.6 Å². The van der Waals surface area contributed by atoms with Crippen LogP contribution in [0, 0.1) is 0 Å². The number of amides is 2. The van der Waals surface area contributed by atoms with E-state index in [0.29, 0.717) is 13.0 Å². The van der Waals surface area contributed by atoms with Crippen molar-refractivity contribution in [1.29, 1.82) is 0 Å². The lowest BCUT2D eigenvalue weighted by Gasteiger charge is -2.14. The van der Waals surface area contributed by atoms with Gasteiger partial charge in [-0.3, -0.25) is 9.59 Å². The average molecular weight is 383 g/mol. The molecule has 11 heteroatoms. The Hall–Kier alpha value is -2.37. The lowest BCUT2D eigenvalue weighted by molar-refractivity contribution is 0.100. The third-order valence-corrected chi connectivity index (χ3v) is 6.53. The van der Waals surface area contributed by atoms with Crippen LogP contribution in [0.25, 0.3) is 0 Å². The van der Waals surface area contributed by atoms with Gasteiger partial charge in [0, 0.05) is 26.0 Å². The summed E-state index contributed by atoms with van der Waals surface area (Å²) in [5.74, 6) is -1.63. The Kier molecular flexibility index (Phi) is 5.82. The quantitative estimate of drug-likeness (QED) is 0.730. The number of sulfonamides is 1. The number of nitrogens with zero attached hydrogens (tertiary/aromatic N) is 3. The molecule has 2 aromatic heterocycles. The first-order chi connectivity index (χ1) is 11.8. The van der Waals surface area contributed by atoms with Gasteiger partial charge in [-0.15, -0.1) is 11.3 Å². The van der Waals surface area contributed by atoms with Crippen LogP contribution in [0.1, 0.15) is 34.3 Å². The van der Waals surface area contributed by atoms with Crippen molar-refractivity contribution in [3.8, 4) is 0 Å². The normalized spacial score (nSPS) is 11.5. The van der Waals surface area contributed by atoms with Gasteiger partial charge < -0.3 is 11.1 Å². The smallest absolute Gasteiger partial charge is 0.294 e. The van der Waals surface area contributed by atoms with Crippen LogP contribution < -0.4 is 11.1 Å². The van der Waals surface area contributed by atoms with Crippen LogP contribution in [-0.2, 0) is 10.0 Å². The van der Waals surface area contributed by atoms with Gasteiger partial charge in [0.1, 0.15) is 9.21 Å². The van der Waals surface area contributed by atoms with Crippen molar-refractivity contribution in [3.63, 3.8) is 0 Å². The highest BCUT2D eigenvalue weighted by Crippen LogP contribution is 2.33. The topological polar surface area (TPSA) is 135 Å². The molecule has 0 aromatic carbocycles. The summed E-state index contributed by atoms with van der Waals surface area (Å²) in [5, 5.41) is 2.48. The van der Waals surface area contributed by atoms with E-state index in [2.05, 4.69) is 15.3 Å². The van der Waals surface area contributed by atoms with Gasteiger partial charge in [-0.2, -0.15) is 0 Å². The summed E-state index contributed by atoms with van der Waals surface area (Å²) in [7, 11) is -2.33. The second-order valence-corrected chi connectivity index (χ2v) is 8.35. The van der Waals surface area contributed by atoms with E-state index in [1.165, 1.54) is 23.7 Å². The molecule has 0 aliphatic rings. The molecule has 0 saturated carbocycles. The largest absolute Gasteiger partial charge is 0.366 e. The molecule has 0 radical (unpaired) electrons. The summed E-state index contributed by atoms with van der Waals surface area (Å²) in [6.07, 6.45) is 3.42. The number of primary amides is 1. The molecule has 25 heavy (non-hydrogen) atoms. The highest BCUT2D eigenvalue weighted by Gasteiger charge is 2.27.